The molecule has 0 bridgehead atoms. The van der Waals surface area contributed by atoms with Crippen molar-refractivity contribution >= 4 is 16.7 Å². The molecule has 1 amide bonds. The first-order chi connectivity index (χ1) is 13.0. The standard InChI is InChI=1S/C19H23N5O3/c1-4-5-10-24-19(26)15-9-7-6-8-14(15)16(20-24)11-18(25)23(3)12-17-13(2)21-27-22-17/h6-9H,4-5,10-12H2,1-3H3. The quantitative estimate of drug-likeness (QED) is 0.633. The minimum Gasteiger partial charge on any atom is -0.339 e. The van der Waals surface area contributed by atoms with Gasteiger partial charge in [0.05, 0.1) is 24.0 Å². The van der Waals surface area contributed by atoms with Crippen LogP contribution < -0.4 is 5.56 Å². The van der Waals surface area contributed by atoms with Gasteiger partial charge in [0.15, 0.2) is 0 Å². The Morgan fingerprint density at radius 1 is 1.19 bits per heavy atom. The lowest BCUT2D eigenvalue weighted by atomic mass is 10.1. The predicted molar refractivity (Wildman–Crippen MR) is 100 cm³/mol. The third kappa shape index (κ3) is 4.05. The van der Waals surface area contributed by atoms with Crippen molar-refractivity contribution in [1.82, 2.24) is 25.0 Å². The highest BCUT2D eigenvalue weighted by atomic mass is 16.6. The van der Waals surface area contributed by atoms with Crippen molar-refractivity contribution in [2.24, 2.45) is 0 Å². The molecule has 2 heterocycles. The summed E-state index contributed by atoms with van der Waals surface area (Å²) < 4.78 is 6.15. The number of rotatable bonds is 7. The van der Waals surface area contributed by atoms with Crippen LogP contribution in [-0.2, 0) is 24.3 Å². The van der Waals surface area contributed by atoms with E-state index in [1.54, 1.807) is 24.9 Å². The Kier molecular flexibility index (Phi) is 5.63. The molecule has 8 heteroatoms. The van der Waals surface area contributed by atoms with Crippen LogP contribution in [0.2, 0.25) is 0 Å². The van der Waals surface area contributed by atoms with Crippen molar-refractivity contribution in [2.45, 2.75) is 46.2 Å². The highest BCUT2D eigenvalue weighted by Crippen LogP contribution is 2.15. The second kappa shape index (κ2) is 8.11. The number of aryl methyl sites for hydroxylation is 2. The second-order valence-corrected chi connectivity index (χ2v) is 6.60. The third-order valence-corrected chi connectivity index (χ3v) is 4.55. The Bertz CT molecular complexity index is 1010. The van der Waals surface area contributed by atoms with Crippen molar-refractivity contribution in [2.75, 3.05) is 7.05 Å². The van der Waals surface area contributed by atoms with Crippen LogP contribution in [0.15, 0.2) is 33.7 Å². The van der Waals surface area contributed by atoms with Gasteiger partial charge >= 0.3 is 0 Å². The van der Waals surface area contributed by atoms with Crippen molar-refractivity contribution in [3.8, 4) is 0 Å². The first kappa shape index (κ1) is 18.8. The molecule has 27 heavy (non-hydrogen) atoms. The number of aromatic nitrogens is 4. The summed E-state index contributed by atoms with van der Waals surface area (Å²) in [6.07, 6.45) is 1.92. The maximum absolute atomic E-state index is 12.7. The Balaban J connectivity index is 1.88. The summed E-state index contributed by atoms with van der Waals surface area (Å²) in [7, 11) is 1.70. The summed E-state index contributed by atoms with van der Waals surface area (Å²) >= 11 is 0. The zero-order chi connectivity index (χ0) is 19.4. The minimum absolute atomic E-state index is 0.105. The van der Waals surface area contributed by atoms with Crippen molar-refractivity contribution < 1.29 is 9.42 Å². The molecule has 3 aromatic rings. The Hall–Kier alpha value is -3.03. The summed E-state index contributed by atoms with van der Waals surface area (Å²) in [5.74, 6) is -0.115. The van der Waals surface area contributed by atoms with Gasteiger partial charge < -0.3 is 4.90 Å². The molecular formula is C19H23N5O3. The van der Waals surface area contributed by atoms with Gasteiger partial charge in [0.1, 0.15) is 11.4 Å². The Morgan fingerprint density at radius 3 is 2.59 bits per heavy atom. The van der Waals surface area contributed by atoms with Gasteiger partial charge in [-0.2, -0.15) is 5.10 Å². The number of nitrogens with zero attached hydrogens (tertiary/aromatic N) is 5. The molecule has 0 fully saturated rings. The fraction of sp³-hybridized carbons (Fsp3) is 0.421. The number of amides is 1. The average molecular weight is 369 g/mol. The van der Waals surface area contributed by atoms with Crippen LogP contribution >= 0.6 is 0 Å². The van der Waals surface area contributed by atoms with Crippen LogP contribution in [0.4, 0.5) is 0 Å². The largest absolute Gasteiger partial charge is 0.339 e. The first-order valence-electron chi connectivity index (χ1n) is 9.02. The predicted octanol–water partition coefficient (Wildman–Crippen LogP) is 2.09. The van der Waals surface area contributed by atoms with E-state index in [0.29, 0.717) is 35.6 Å². The highest BCUT2D eigenvalue weighted by Gasteiger charge is 2.18. The monoisotopic (exact) mass is 369 g/mol. The molecule has 0 radical (unpaired) electrons. The highest BCUT2D eigenvalue weighted by molar-refractivity contribution is 5.88. The zero-order valence-electron chi connectivity index (χ0n) is 15.8. The van der Waals surface area contributed by atoms with Gasteiger partial charge in [-0.1, -0.05) is 41.9 Å². The molecular weight excluding hydrogens is 346 g/mol. The SMILES string of the molecule is CCCCn1nc(CC(=O)N(C)Cc2nonc2C)c2ccccc2c1=O. The van der Waals surface area contributed by atoms with Crippen molar-refractivity contribution in [1.29, 1.82) is 0 Å². The smallest absolute Gasteiger partial charge is 0.274 e. The van der Waals surface area contributed by atoms with Crippen molar-refractivity contribution in [3.63, 3.8) is 0 Å². The van der Waals surface area contributed by atoms with Gasteiger partial charge in [-0.15, -0.1) is 0 Å². The fourth-order valence-corrected chi connectivity index (χ4v) is 2.88. The lowest BCUT2D eigenvalue weighted by Crippen LogP contribution is -2.30. The van der Waals surface area contributed by atoms with Crippen LogP contribution in [0.3, 0.4) is 0 Å². The lowest BCUT2D eigenvalue weighted by molar-refractivity contribution is -0.129. The summed E-state index contributed by atoms with van der Waals surface area (Å²) in [6, 6.07) is 7.29. The summed E-state index contributed by atoms with van der Waals surface area (Å²) in [5.41, 5.74) is 1.77. The number of unbranched alkanes of at least 4 members (excludes halogenated alkanes) is 1. The molecule has 8 nitrogen and oxygen atoms in total. The molecule has 0 saturated carbocycles. The molecule has 0 aliphatic heterocycles. The number of hydrogen-bond donors (Lipinski definition) is 0. The van der Waals surface area contributed by atoms with E-state index in [-0.39, 0.29) is 17.9 Å². The maximum atomic E-state index is 12.7. The van der Waals surface area contributed by atoms with Gasteiger partial charge in [-0.25, -0.2) is 9.31 Å². The molecule has 3 rings (SSSR count). The molecule has 0 aliphatic carbocycles. The maximum Gasteiger partial charge on any atom is 0.274 e. The average Bonchev–Trinajstić information content (AvgIpc) is 3.07. The number of fused-ring (bicyclic) bond motifs is 1. The molecule has 0 spiro atoms. The number of likely N-dealkylation sites (N-methyl/N-ethyl adjacent to an activating group) is 1. The van der Waals surface area contributed by atoms with Crippen molar-refractivity contribution in [3.05, 3.63) is 51.7 Å². The topological polar surface area (TPSA) is 94.1 Å². The number of carbonyl (C=O) groups is 1. The lowest BCUT2D eigenvalue weighted by Gasteiger charge is -2.17. The molecule has 1 aromatic carbocycles. The van der Waals surface area contributed by atoms with Gasteiger partial charge in [0.25, 0.3) is 5.56 Å². The first-order valence-corrected chi connectivity index (χ1v) is 9.02. The van der Waals surface area contributed by atoms with Crippen LogP contribution in [0, 0.1) is 6.92 Å². The number of carbonyl (C=O) groups excluding carboxylic acids is 1. The van der Waals surface area contributed by atoms with Crippen LogP contribution in [0.1, 0.15) is 36.8 Å². The minimum atomic E-state index is -0.118. The Labute approximate surface area is 156 Å². The molecule has 0 atom stereocenters. The third-order valence-electron chi connectivity index (χ3n) is 4.55. The number of benzene rings is 1. The van der Waals surface area contributed by atoms with E-state index < -0.39 is 0 Å². The van der Waals surface area contributed by atoms with Crippen LogP contribution in [-0.4, -0.2) is 37.9 Å². The van der Waals surface area contributed by atoms with E-state index >= 15 is 0 Å². The molecule has 0 saturated heterocycles. The van der Waals surface area contributed by atoms with Crippen LogP contribution in [0.5, 0.6) is 0 Å². The summed E-state index contributed by atoms with van der Waals surface area (Å²) in [5, 5.41) is 13.3. The van der Waals surface area contributed by atoms with E-state index in [0.717, 1.165) is 18.2 Å². The fourth-order valence-electron chi connectivity index (χ4n) is 2.88. The van der Waals surface area contributed by atoms with Gasteiger partial charge in [-0.3, -0.25) is 9.59 Å². The molecule has 0 N–H and O–H groups in total. The summed E-state index contributed by atoms with van der Waals surface area (Å²) in [4.78, 5) is 26.9. The van der Waals surface area contributed by atoms with E-state index in [9.17, 15) is 9.59 Å². The zero-order valence-corrected chi connectivity index (χ0v) is 15.8. The van der Waals surface area contributed by atoms with E-state index in [2.05, 4.69) is 27.0 Å². The second-order valence-electron chi connectivity index (χ2n) is 6.60. The number of hydrogen-bond acceptors (Lipinski definition) is 6. The molecule has 0 aliphatic rings. The normalized spacial score (nSPS) is 11.1. The summed E-state index contributed by atoms with van der Waals surface area (Å²) in [6.45, 7) is 4.69. The van der Waals surface area contributed by atoms with E-state index in [4.69, 9.17) is 0 Å². The van der Waals surface area contributed by atoms with Gasteiger partial charge in [0, 0.05) is 19.0 Å². The molecule has 0 unspecified atom stereocenters. The molecule has 2 aromatic heterocycles. The van der Waals surface area contributed by atoms with E-state index in [1.165, 1.54) is 4.68 Å². The molecule has 142 valence electrons. The Morgan fingerprint density at radius 2 is 1.93 bits per heavy atom. The van der Waals surface area contributed by atoms with Gasteiger partial charge in [0.2, 0.25) is 5.91 Å². The van der Waals surface area contributed by atoms with Crippen LogP contribution in [0.25, 0.3) is 10.8 Å². The van der Waals surface area contributed by atoms with Gasteiger partial charge in [-0.05, 0) is 19.4 Å². The van der Waals surface area contributed by atoms with E-state index in [1.807, 2.05) is 18.2 Å².